The lowest BCUT2D eigenvalue weighted by Gasteiger charge is -2.19. The number of likely N-dealkylation sites (tertiary alicyclic amines) is 1. The number of para-hydroxylation sites is 1. The monoisotopic (exact) mass is 452 g/mol. The van der Waals surface area contributed by atoms with Crippen molar-refractivity contribution in [3.8, 4) is 0 Å². The summed E-state index contributed by atoms with van der Waals surface area (Å²) in [5.41, 5.74) is 7.74. The largest absolute Gasteiger partial charge is 0.457 e. The maximum absolute atomic E-state index is 12.5. The van der Waals surface area contributed by atoms with Gasteiger partial charge < -0.3 is 15.8 Å². The molecule has 1 aromatic carbocycles. The van der Waals surface area contributed by atoms with Gasteiger partial charge in [-0.15, -0.1) is 0 Å². The second kappa shape index (κ2) is 9.93. The van der Waals surface area contributed by atoms with Crippen molar-refractivity contribution in [2.75, 3.05) is 17.6 Å². The second-order valence-corrected chi connectivity index (χ2v) is 8.31. The second-order valence-electron chi connectivity index (χ2n) is 8.31. The van der Waals surface area contributed by atoms with Crippen LogP contribution in [0.1, 0.15) is 50.4 Å². The van der Waals surface area contributed by atoms with Crippen molar-refractivity contribution in [1.29, 1.82) is 0 Å². The highest BCUT2D eigenvalue weighted by Gasteiger charge is 2.47. The van der Waals surface area contributed by atoms with Crippen LogP contribution in [0.5, 0.6) is 0 Å². The van der Waals surface area contributed by atoms with E-state index in [4.69, 9.17) is 10.5 Å². The third-order valence-electron chi connectivity index (χ3n) is 6.18. The number of nitrogens with zero attached hydrogens (tertiary/aromatic N) is 4. The number of fused-ring (bicyclic) bond motifs is 1. The van der Waals surface area contributed by atoms with Gasteiger partial charge in [0.25, 0.3) is 0 Å². The van der Waals surface area contributed by atoms with E-state index >= 15 is 0 Å². The maximum Gasteiger partial charge on any atom is 0.308 e. The van der Waals surface area contributed by atoms with Gasteiger partial charge in [-0.1, -0.05) is 38.0 Å². The number of anilines is 3. The quantitative estimate of drug-likeness (QED) is 0.456. The minimum absolute atomic E-state index is 0.00314. The summed E-state index contributed by atoms with van der Waals surface area (Å²) in [6, 6.07) is 7.77. The lowest BCUT2D eigenvalue weighted by molar-refractivity contribution is -0.147. The van der Waals surface area contributed by atoms with Crippen LogP contribution >= 0.6 is 0 Å². The van der Waals surface area contributed by atoms with E-state index in [2.05, 4.69) is 20.3 Å². The fourth-order valence-corrected chi connectivity index (χ4v) is 4.50. The van der Waals surface area contributed by atoms with E-state index in [0.29, 0.717) is 0 Å². The predicted octanol–water partition coefficient (Wildman–Crippen LogP) is 2.37. The standard InChI is InChI=1S/C23H28N6O4/c1-2-14-7-3-6-10-17(14)25-23-27-18(26-22(24)28-23)13-33-19(30)11-12-29-20(31)15-8-4-5-9-16(15)21(29)32/h3,6-7,10,15-16H,2,4-5,8-9,11-13H2,1H3,(H3,24,25,26,27,28)/t15-,16-/m0/s1. The topological polar surface area (TPSA) is 140 Å². The van der Waals surface area contributed by atoms with Gasteiger partial charge in [0.1, 0.15) is 0 Å². The molecule has 10 nitrogen and oxygen atoms in total. The number of nitrogens with two attached hydrogens (primary N) is 1. The van der Waals surface area contributed by atoms with Gasteiger partial charge >= 0.3 is 5.97 Å². The first-order chi connectivity index (χ1) is 16.0. The Bertz CT molecular complexity index is 1030. The van der Waals surface area contributed by atoms with Gasteiger partial charge in [-0.05, 0) is 30.9 Å². The number of amides is 2. The molecular weight excluding hydrogens is 424 g/mol. The smallest absolute Gasteiger partial charge is 0.308 e. The molecule has 2 fully saturated rings. The molecule has 0 spiro atoms. The molecule has 1 aliphatic carbocycles. The normalized spacial score (nSPS) is 20.0. The molecule has 2 aromatic rings. The van der Waals surface area contributed by atoms with Crippen molar-refractivity contribution < 1.29 is 19.1 Å². The maximum atomic E-state index is 12.5. The zero-order valence-corrected chi connectivity index (χ0v) is 18.6. The van der Waals surface area contributed by atoms with Gasteiger partial charge in [0.15, 0.2) is 12.4 Å². The van der Waals surface area contributed by atoms with Crippen molar-refractivity contribution in [1.82, 2.24) is 19.9 Å². The summed E-state index contributed by atoms with van der Waals surface area (Å²) < 4.78 is 5.26. The number of aromatic nitrogens is 3. The number of benzene rings is 1. The van der Waals surface area contributed by atoms with Crippen LogP contribution in [-0.2, 0) is 32.1 Å². The number of nitrogens with one attached hydrogen (secondary N) is 1. The zero-order chi connectivity index (χ0) is 23.4. The first-order valence-corrected chi connectivity index (χ1v) is 11.3. The number of ether oxygens (including phenoxy) is 1. The molecule has 0 unspecified atom stereocenters. The molecule has 2 amide bonds. The highest BCUT2D eigenvalue weighted by molar-refractivity contribution is 6.05. The molecule has 4 rings (SSSR count). The Labute approximate surface area is 191 Å². The molecule has 0 radical (unpaired) electrons. The van der Waals surface area contributed by atoms with Crippen molar-refractivity contribution in [3.05, 3.63) is 35.7 Å². The molecule has 33 heavy (non-hydrogen) atoms. The highest BCUT2D eigenvalue weighted by Crippen LogP contribution is 2.38. The van der Waals surface area contributed by atoms with E-state index in [1.165, 1.54) is 4.90 Å². The summed E-state index contributed by atoms with van der Waals surface area (Å²) in [5.74, 6) is -0.856. The number of rotatable bonds is 8. The van der Waals surface area contributed by atoms with Gasteiger partial charge in [0.2, 0.25) is 23.7 Å². The molecule has 1 saturated heterocycles. The Kier molecular flexibility index (Phi) is 6.81. The number of carbonyl (C=O) groups excluding carboxylic acids is 3. The summed E-state index contributed by atoms with van der Waals surface area (Å²) in [7, 11) is 0. The van der Waals surface area contributed by atoms with Crippen LogP contribution < -0.4 is 11.1 Å². The molecule has 3 N–H and O–H groups in total. The van der Waals surface area contributed by atoms with E-state index in [9.17, 15) is 14.4 Å². The van der Waals surface area contributed by atoms with Crippen LogP contribution in [0.2, 0.25) is 0 Å². The van der Waals surface area contributed by atoms with E-state index < -0.39 is 5.97 Å². The number of aryl methyl sites for hydroxylation is 1. The number of esters is 1. The molecule has 2 heterocycles. The van der Waals surface area contributed by atoms with Crippen LogP contribution in [0.25, 0.3) is 0 Å². The third-order valence-corrected chi connectivity index (χ3v) is 6.18. The Hall–Kier alpha value is -3.56. The minimum atomic E-state index is -0.546. The van der Waals surface area contributed by atoms with Gasteiger partial charge in [-0.25, -0.2) is 0 Å². The summed E-state index contributed by atoms with van der Waals surface area (Å²) in [6.07, 6.45) is 4.17. The summed E-state index contributed by atoms with van der Waals surface area (Å²) in [6.45, 7) is 1.89. The van der Waals surface area contributed by atoms with Crippen molar-refractivity contribution in [3.63, 3.8) is 0 Å². The van der Waals surface area contributed by atoms with Crippen molar-refractivity contribution in [2.45, 2.75) is 52.1 Å². The molecule has 1 saturated carbocycles. The van der Waals surface area contributed by atoms with Crippen molar-refractivity contribution >= 4 is 35.4 Å². The summed E-state index contributed by atoms with van der Waals surface area (Å²) in [5, 5.41) is 3.12. The molecule has 2 atom stereocenters. The average molecular weight is 453 g/mol. The Morgan fingerprint density at radius 1 is 1.12 bits per heavy atom. The fraction of sp³-hybridized carbons (Fsp3) is 0.478. The number of hydrogen-bond donors (Lipinski definition) is 2. The molecule has 0 bridgehead atoms. The SMILES string of the molecule is CCc1ccccc1Nc1nc(N)nc(COC(=O)CCN2C(=O)[C@H]3CCCC[C@@H]3C2=O)n1. The van der Waals surface area contributed by atoms with E-state index in [0.717, 1.165) is 43.4 Å². The molecule has 10 heteroatoms. The van der Waals surface area contributed by atoms with Gasteiger partial charge in [0.05, 0.1) is 18.3 Å². The van der Waals surface area contributed by atoms with E-state index in [1.807, 2.05) is 31.2 Å². The molecule has 174 valence electrons. The van der Waals surface area contributed by atoms with Crippen LogP contribution in [0.4, 0.5) is 17.6 Å². The van der Waals surface area contributed by atoms with E-state index in [1.54, 1.807) is 0 Å². The number of carbonyl (C=O) groups is 3. The Morgan fingerprint density at radius 2 is 1.82 bits per heavy atom. The molecule has 1 aromatic heterocycles. The van der Waals surface area contributed by atoms with Crippen LogP contribution in [0, 0.1) is 11.8 Å². The van der Waals surface area contributed by atoms with Gasteiger partial charge in [0, 0.05) is 12.2 Å². The Balaban J connectivity index is 1.32. The fourth-order valence-electron chi connectivity index (χ4n) is 4.50. The summed E-state index contributed by atoms with van der Waals surface area (Å²) in [4.78, 5) is 50.9. The first-order valence-electron chi connectivity index (χ1n) is 11.3. The lowest BCUT2D eigenvalue weighted by Crippen LogP contribution is -2.33. The average Bonchev–Trinajstić information content (AvgIpc) is 3.06. The molecular formula is C23H28N6O4. The van der Waals surface area contributed by atoms with Crippen LogP contribution in [-0.4, -0.2) is 44.2 Å². The summed E-state index contributed by atoms with van der Waals surface area (Å²) >= 11 is 0. The zero-order valence-electron chi connectivity index (χ0n) is 18.6. The number of hydrogen-bond acceptors (Lipinski definition) is 9. The Morgan fingerprint density at radius 3 is 2.52 bits per heavy atom. The van der Waals surface area contributed by atoms with Crippen molar-refractivity contribution in [2.24, 2.45) is 11.8 Å². The minimum Gasteiger partial charge on any atom is -0.457 e. The third kappa shape index (κ3) is 5.10. The van der Waals surface area contributed by atoms with Gasteiger partial charge in [-0.2, -0.15) is 15.0 Å². The lowest BCUT2D eigenvalue weighted by atomic mass is 9.81. The number of imide groups is 1. The number of nitrogen functional groups attached to an aromatic ring is 1. The van der Waals surface area contributed by atoms with Crippen LogP contribution in [0.15, 0.2) is 24.3 Å². The predicted molar refractivity (Wildman–Crippen MR) is 120 cm³/mol. The van der Waals surface area contributed by atoms with E-state index in [-0.39, 0.29) is 60.9 Å². The van der Waals surface area contributed by atoms with Gasteiger partial charge in [-0.3, -0.25) is 19.3 Å². The molecule has 2 aliphatic rings. The van der Waals surface area contributed by atoms with Crippen LogP contribution in [0.3, 0.4) is 0 Å². The highest BCUT2D eigenvalue weighted by atomic mass is 16.5. The molecule has 1 aliphatic heterocycles. The first kappa shape index (κ1) is 22.6.